The third-order valence-electron chi connectivity index (χ3n) is 4.40. The van der Waals surface area contributed by atoms with E-state index in [0.717, 1.165) is 16.2 Å². The lowest BCUT2D eigenvalue weighted by Gasteiger charge is -2.23. The molecule has 25 heavy (non-hydrogen) atoms. The van der Waals surface area contributed by atoms with Gasteiger partial charge in [0, 0.05) is 11.7 Å². The Balaban J connectivity index is 1.62. The van der Waals surface area contributed by atoms with Gasteiger partial charge in [-0.3, -0.25) is 0 Å². The summed E-state index contributed by atoms with van der Waals surface area (Å²) < 4.78 is 10.5. The van der Waals surface area contributed by atoms with Crippen molar-refractivity contribution in [1.82, 2.24) is 0 Å². The average Bonchev–Trinajstić information content (AvgIpc) is 3.10. The smallest absolute Gasteiger partial charge is 0.344 e. The fraction of sp³-hybridized carbons (Fsp3) is 0.450. The highest BCUT2D eigenvalue weighted by molar-refractivity contribution is 7.14. The van der Waals surface area contributed by atoms with Gasteiger partial charge in [-0.15, -0.1) is 11.3 Å². The molecule has 0 unspecified atom stereocenters. The number of ether oxygens (including phenoxy) is 2. The molecule has 0 aliphatic heterocycles. The Hall–Kier alpha value is -2.01. The van der Waals surface area contributed by atoms with E-state index in [0.29, 0.717) is 12.6 Å². The van der Waals surface area contributed by atoms with Gasteiger partial charge in [-0.25, -0.2) is 4.79 Å². The molecule has 1 heterocycles. The second-order valence-corrected chi connectivity index (χ2v) is 7.18. The van der Waals surface area contributed by atoms with Gasteiger partial charge in [0.25, 0.3) is 0 Å². The summed E-state index contributed by atoms with van der Waals surface area (Å²) in [5.74, 6) is 0.387. The van der Waals surface area contributed by atoms with Crippen molar-refractivity contribution in [3.05, 3.63) is 35.7 Å². The average molecular weight is 359 g/mol. The molecule has 1 saturated carbocycles. The minimum atomic E-state index is -0.341. The predicted molar refractivity (Wildman–Crippen MR) is 102 cm³/mol. The quantitative estimate of drug-likeness (QED) is 0.699. The van der Waals surface area contributed by atoms with Gasteiger partial charge in [-0.1, -0.05) is 31.4 Å². The Morgan fingerprint density at radius 3 is 2.64 bits per heavy atom. The van der Waals surface area contributed by atoms with Crippen LogP contribution < -0.4 is 10.1 Å². The van der Waals surface area contributed by atoms with Crippen LogP contribution in [-0.2, 0) is 9.53 Å². The largest absolute Gasteiger partial charge is 0.480 e. The number of esters is 1. The fourth-order valence-corrected chi connectivity index (χ4v) is 4.00. The summed E-state index contributed by atoms with van der Waals surface area (Å²) in [5.41, 5.74) is 2.27. The van der Waals surface area contributed by atoms with Gasteiger partial charge in [0.15, 0.2) is 6.61 Å². The number of hydrogen-bond acceptors (Lipinski definition) is 5. The molecule has 5 heteroatoms. The van der Waals surface area contributed by atoms with E-state index in [1.54, 1.807) is 18.3 Å². The Labute approximate surface area is 153 Å². The number of hydrogen-bond donors (Lipinski definition) is 1. The highest BCUT2D eigenvalue weighted by atomic mass is 32.1. The van der Waals surface area contributed by atoms with Crippen LogP contribution in [0.25, 0.3) is 10.4 Å². The zero-order chi connectivity index (χ0) is 17.5. The molecule has 4 nitrogen and oxygen atoms in total. The van der Waals surface area contributed by atoms with Crippen LogP contribution in [0.15, 0.2) is 35.7 Å². The summed E-state index contributed by atoms with van der Waals surface area (Å²) in [6.45, 7) is 2.10. The Morgan fingerprint density at radius 2 is 1.92 bits per heavy atom. The summed E-state index contributed by atoms with van der Waals surface area (Å²) in [6.07, 6.45) is 6.54. The minimum Gasteiger partial charge on any atom is -0.480 e. The number of carbonyl (C=O) groups excluding carboxylic acids is 1. The van der Waals surface area contributed by atoms with Gasteiger partial charge in [-0.2, -0.15) is 0 Å². The van der Waals surface area contributed by atoms with E-state index >= 15 is 0 Å². The maximum atomic E-state index is 11.5. The van der Waals surface area contributed by atoms with Gasteiger partial charge in [-0.05, 0) is 48.9 Å². The third-order valence-corrected chi connectivity index (χ3v) is 5.35. The fourth-order valence-electron chi connectivity index (χ4n) is 3.16. The van der Waals surface area contributed by atoms with Crippen molar-refractivity contribution < 1.29 is 14.3 Å². The lowest BCUT2D eigenvalue weighted by atomic mass is 9.95. The maximum Gasteiger partial charge on any atom is 0.344 e. The second-order valence-electron chi connectivity index (χ2n) is 6.26. The molecular weight excluding hydrogens is 334 g/mol. The first-order valence-electron chi connectivity index (χ1n) is 8.99. The molecule has 0 amide bonds. The van der Waals surface area contributed by atoms with E-state index in [1.165, 1.54) is 37.8 Å². The topological polar surface area (TPSA) is 47.6 Å². The molecule has 1 N–H and O–H groups in total. The molecule has 0 saturated heterocycles. The predicted octanol–water partition coefficient (Wildman–Crippen LogP) is 5.10. The van der Waals surface area contributed by atoms with Gasteiger partial charge in [0.05, 0.1) is 11.5 Å². The summed E-state index contributed by atoms with van der Waals surface area (Å²) >= 11 is 1.61. The van der Waals surface area contributed by atoms with Gasteiger partial charge < -0.3 is 14.8 Å². The van der Waals surface area contributed by atoms with Crippen molar-refractivity contribution in [3.8, 4) is 16.2 Å². The van der Waals surface area contributed by atoms with E-state index < -0.39 is 0 Å². The number of thiophene rings is 1. The van der Waals surface area contributed by atoms with Crippen LogP contribution >= 0.6 is 11.3 Å². The zero-order valence-corrected chi connectivity index (χ0v) is 15.4. The molecule has 0 bridgehead atoms. The summed E-state index contributed by atoms with van der Waals surface area (Å²) in [5, 5.41) is 5.61. The minimum absolute atomic E-state index is 0.0567. The number of anilines is 1. The van der Waals surface area contributed by atoms with E-state index in [9.17, 15) is 4.79 Å². The molecule has 1 aromatic carbocycles. The van der Waals surface area contributed by atoms with Crippen LogP contribution in [0, 0.1) is 0 Å². The van der Waals surface area contributed by atoms with E-state index in [1.807, 2.05) is 11.4 Å². The van der Waals surface area contributed by atoms with Crippen molar-refractivity contribution >= 4 is 23.0 Å². The van der Waals surface area contributed by atoms with Crippen LogP contribution in [-0.4, -0.2) is 25.2 Å². The van der Waals surface area contributed by atoms with Crippen LogP contribution in [0.1, 0.15) is 39.0 Å². The molecular formula is C20H25NO3S. The van der Waals surface area contributed by atoms with Crippen LogP contribution in [0.5, 0.6) is 5.75 Å². The van der Waals surface area contributed by atoms with Crippen LogP contribution in [0.3, 0.4) is 0 Å². The SMILES string of the molecule is CCOC(=O)COc1ccsc1-c1ccc(NC2CCCCC2)cc1. The van der Waals surface area contributed by atoms with Crippen molar-refractivity contribution in [3.63, 3.8) is 0 Å². The molecule has 0 atom stereocenters. The lowest BCUT2D eigenvalue weighted by molar-refractivity contribution is -0.145. The number of benzene rings is 1. The monoisotopic (exact) mass is 359 g/mol. The molecule has 2 aromatic rings. The molecule has 0 spiro atoms. The lowest BCUT2D eigenvalue weighted by Crippen LogP contribution is -2.22. The summed E-state index contributed by atoms with van der Waals surface area (Å²) in [6, 6.07) is 11.0. The summed E-state index contributed by atoms with van der Waals surface area (Å²) in [4.78, 5) is 12.5. The Kier molecular flexibility index (Phi) is 6.34. The molecule has 3 rings (SSSR count). The first-order chi connectivity index (χ1) is 12.3. The normalized spacial score (nSPS) is 14.9. The maximum absolute atomic E-state index is 11.5. The highest BCUT2D eigenvalue weighted by Gasteiger charge is 2.14. The van der Waals surface area contributed by atoms with Crippen LogP contribution in [0.2, 0.25) is 0 Å². The van der Waals surface area contributed by atoms with E-state index in [2.05, 4.69) is 29.6 Å². The van der Waals surface area contributed by atoms with Crippen molar-refractivity contribution in [2.24, 2.45) is 0 Å². The summed E-state index contributed by atoms with van der Waals surface area (Å²) in [7, 11) is 0. The molecule has 0 radical (unpaired) electrons. The molecule has 1 aliphatic rings. The zero-order valence-electron chi connectivity index (χ0n) is 14.6. The van der Waals surface area contributed by atoms with Gasteiger partial charge in [0.2, 0.25) is 0 Å². The molecule has 134 valence electrons. The highest BCUT2D eigenvalue weighted by Crippen LogP contribution is 2.36. The number of nitrogens with one attached hydrogen (secondary N) is 1. The van der Waals surface area contributed by atoms with Crippen molar-refractivity contribution in [2.45, 2.75) is 45.1 Å². The van der Waals surface area contributed by atoms with E-state index in [4.69, 9.17) is 9.47 Å². The van der Waals surface area contributed by atoms with E-state index in [-0.39, 0.29) is 12.6 Å². The third kappa shape index (κ3) is 4.98. The molecule has 1 aromatic heterocycles. The van der Waals surface area contributed by atoms with Crippen molar-refractivity contribution in [2.75, 3.05) is 18.5 Å². The van der Waals surface area contributed by atoms with Gasteiger partial charge in [0.1, 0.15) is 5.75 Å². The second kappa shape index (κ2) is 8.90. The number of rotatable bonds is 7. The van der Waals surface area contributed by atoms with Crippen LogP contribution in [0.4, 0.5) is 5.69 Å². The number of carbonyl (C=O) groups is 1. The first-order valence-corrected chi connectivity index (χ1v) is 9.87. The first kappa shape index (κ1) is 17.8. The standard InChI is InChI=1S/C20H25NO3S/c1-2-23-19(22)14-24-18-12-13-25-20(18)15-8-10-17(11-9-15)21-16-6-4-3-5-7-16/h8-13,16,21H,2-7,14H2,1H3. The molecule has 1 aliphatic carbocycles. The van der Waals surface area contributed by atoms with Crippen molar-refractivity contribution in [1.29, 1.82) is 0 Å². The molecule has 1 fully saturated rings. The Bertz CT molecular complexity index is 675. The Morgan fingerprint density at radius 1 is 1.16 bits per heavy atom. The van der Waals surface area contributed by atoms with Gasteiger partial charge >= 0.3 is 5.97 Å².